The van der Waals surface area contributed by atoms with Gasteiger partial charge in [-0.05, 0) is 29.8 Å². The molecular weight excluding hydrogens is 410 g/mol. The first-order chi connectivity index (χ1) is 15.0. The number of hydrogen-bond acceptors (Lipinski definition) is 5. The van der Waals surface area contributed by atoms with E-state index >= 15 is 0 Å². The van der Waals surface area contributed by atoms with E-state index in [-0.39, 0.29) is 17.0 Å². The molecule has 2 atom stereocenters. The molecular formula is C23H23N5O2S. The highest BCUT2D eigenvalue weighted by Gasteiger charge is 2.40. The van der Waals surface area contributed by atoms with Gasteiger partial charge < -0.3 is 9.88 Å². The second-order valence-corrected chi connectivity index (χ2v) is 9.76. The quantitative estimate of drug-likeness (QED) is 0.523. The van der Waals surface area contributed by atoms with Gasteiger partial charge in [0.1, 0.15) is 0 Å². The summed E-state index contributed by atoms with van der Waals surface area (Å²) in [6.07, 6.45) is 4.83. The van der Waals surface area contributed by atoms with Gasteiger partial charge in [-0.2, -0.15) is 4.31 Å². The lowest BCUT2D eigenvalue weighted by Gasteiger charge is -2.21. The van der Waals surface area contributed by atoms with Gasteiger partial charge >= 0.3 is 0 Å². The van der Waals surface area contributed by atoms with E-state index in [1.165, 1.54) is 10.6 Å². The molecule has 1 fully saturated rings. The van der Waals surface area contributed by atoms with E-state index in [1.807, 2.05) is 42.5 Å². The van der Waals surface area contributed by atoms with Crippen LogP contribution < -0.4 is 5.32 Å². The summed E-state index contributed by atoms with van der Waals surface area (Å²) < 4.78 is 29.6. The Kier molecular flexibility index (Phi) is 4.95. The van der Waals surface area contributed by atoms with E-state index in [1.54, 1.807) is 24.0 Å². The molecule has 0 unspecified atom stereocenters. The van der Waals surface area contributed by atoms with Crippen molar-refractivity contribution >= 4 is 26.6 Å². The van der Waals surface area contributed by atoms with Crippen molar-refractivity contribution in [2.24, 2.45) is 7.05 Å². The molecule has 0 radical (unpaired) electrons. The van der Waals surface area contributed by atoms with Crippen molar-refractivity contribution in [2.45, 2.75) is 17.0 Å². The van der Waals surface area contributed by atoms with Gasteiger partial charge in [-0.15, -0.1) is 0 Å². The predicted molar refractivity (Wildman–Crippen MR) is 120 cm³/mol. The average Bonchev–Trinajstić information content (AvgIpc) is 3.42. The lowest BCUT2D eigenvalue weighted by atomic mass is 9.94. The van der Waals surface area contributed by atoms with Crippen molar-refractivity contribution in [1.82, 2.24) is 18.8 Å². The van der Waals surface area contributed by atoms with Gasteiger partial charge in [-0.25, -0.2) is 13.4 Å². The molecule has 4 aromatic rings. The highest BCUT2D eigenvalue weighted by Crippen LogP contribution is 2.33. The zero-order valence-electron chi connectivity index (χ0n) is 17.1. The number of anilines is 1. The Bertz CT molecular complexity index is 1320. The molecule has 0 aliphatic carbocycles. The maximum absolute atomic E-state index is 13.2. The van der Waals surface area contributed by atoms with Crippen LogP contribution in [0.3, 0.4) is 0 Å². The molecule has 0 saturated carbocycles. The topological polar surface area (TPSA) is 80.1 Å². The van der Waals surface area contributed by atoms with Gasteiger partial charge in [-0.1, -0.05) is 36.4 Å². The summed E-state index contributed by atoms with van der Waals surface area (Å²) in [5, 5.41) is 4.70. The van der Waals surface area contributed by atoms with Gasteiger partial charge in [0.25, 0.3) is 10.0 Å². The Morgan fingerprint density at radius 1 is 1.00 bits per heavy atom. The summed E-state index contributed by atoms with van der Waals surface area (Å²) in [6.45, 7) is 0.763. The summed E-state index contributed by atoms with van der Waals surface area (Å²) in [5.74, 6) is 0.0179. The van der Waals surface area contributed by atoms with Crippen LogP contribution in [0.2, 0.25) is 0 Å². The Hall–Kier alpha value is -3.23. The summed E-state index contributed by atoms with van der Waals surface area (Å²) >= 11 is 0. The summed E-state index contributed by atoms with van der Waals surface area (Å²) in [5.41, 5.74) is 2.99. The lowest BCUT2D eigenvalue weighted by molar-refractivity contribution is 0.468. The normalized spacial score (nSPS) is 19.6. The molecule has 0 spiro atoms. The first kappa shape index (κ1) is 19.7. The summed E-state index contributed by atoms with van der Waals surface area (Å²) in [4.78, 5) is 8.45. The van der Waals surface area contributed by atoms with E-state index < -0.39 is 10.0 Å². The van der Waals surface area contributed by atoms with Crippen molar-refractivity contribution in [3.8, 4) is 0 Å². The number of imidazole rings is 1. The van der Waals surface area contributed by atoms with Crippen LogP contribution in [0.4, 0.5) is 5.69 Å². The van der Waals surface area contributed by atoms with Crippen molar-refractivity contribution in [3.63, 3.8) is 0 Å². The maximum Gasteiger partial charge on any atom is 0.262 e. The zero-order valence-corrected chi connectivity index (χ0v) is 17.9. The smallest absolute Gasteiger partial charge is 0.262 e. The van der Waals surface area contributed by atoms with Crippen LogP contribution in [-0.2, 0) is 17.1 Å². The summed E-state index contributed by atoms with van der Waals surface area (Å²) in [6, 6.07) is 20.0. The minimum Gasteiger partial charge on any atom is -0.380 e. The van der Waals surface area contributed by atoms with Crippen LogP contribution in [0.15, 0.2) is 84.4 Å². The van der Waals surface area contributed by atoms with Crippen molar-refractivity contribution in [3.05, 3.63) is 84.9 Å². The van der Waals surface area contributed by atoms with Crippen LogP contribution in [0, 0.1) is 0 Å². The number of rotatable bonds is 5. The van der Waals surface area contributed by atoms with Crippen molar-refractivity contribution < 1.29 is 8.42 Å². The molecule has 158 valence electrons. The maximum atomic E-state index is 13.2. The highest BCUT2D eigenvalue weighted by atomic mass is 32.2. The van der Waals surface area contributed by atoms with Gasteiger partial charge in [0.2, 0.25) is 0 Å². The molecule has 0 bridgehead atoms. The third-order valence-electron chi connectivity index (χ3n) is 5.75. The molecule has 5 rings (SSSR count). The number of nitrogens with zero attached hydrogens (tertiary/aromatic N) is 4. The molecule has 2 aromatic heterocycles. The minimum absolute atomic E-state index is 0.0179. The van der Waals surface area contributed by atoms with E-state index in [4.69, 9.17) is 0 Å². The molecule has 1 aliphatic rings. The van der Waals surface area contributed by atoms with E-state index in [0.29, 0.717) is 13.1 Å². The van der Waals surface area contributed by atoms with Crippen LogP contribution in [0.25, 0.3) is 10.9 Å². The standard InChI is InChI=1S/C23H23N5O2S/c1-27-15-23(25-16-27)31(29,30)28-13-20(17-6-3-2-4-7-17)22(14-28)26-19-9-10-21-18(12-19)8-5-11-24-21/h2-12,15-16,20,22,26H,13-14H2,1H3/t20-,22+/m1/s1. The molecule has 0 amide bonds. The average molecular weight is 434 g/mol. The molecule has 3 heterocycles. The number of pyridine rings is 1. The lowest BCUT2D eigenvalue weighted by Crippen LogP contribution is -2.32. The fraction of sp³-hybridized carbons (Fsp3) is 0.217. The van der Waals surface area contributed by atoms with Gasteiger partial charge in [0.05, 0.1) is 11.8 Å². The highest BCUT2D eigenvalue weighted by molar-refractivity contribution is 7.89. The van der Waals surface area contributed by atoms with E-state index in [2.05, 4.69) is 33.5 Å². The number of aromatic nitrogens is 3. The molecule has 1 saturated heterocycles. The molecule has 1 N–H and O–H groups in total. The third kappa shape index (κ3) is 3.80. The van der Waals surface area contributed by atoms with E-state index in [0.717, 1.165) is 22.2 Å². The molecule has 8 heteroatoms. The molecule has 7 nitrogen and oxygen atoms in total. The third-order valence-corrected chi connectivity index (χ3v) is 7.47. The number of hydrogen-bond donors (Lipinski definition) is 1. The van der Waals surface area contributed by atoms with Gasteiger partial charge in [0.15, 0.2) is 5.03 Å². The first-order valence-corrected chi connectivity index (χ1v) is 11.6. The van der Waals surface area contributed by atoms with Crippen LogP contribution in [0.5, 0.6) is 0 Å². The minimum atomic E-state index is -3.67. The zero-order chi connectivity index (χ0) is 21.4. The van der Waals surface area contributed by atoms with E-state index in [9.17, 15) is 8.42 Å². The number of sulfonamides is 1. The summed E-state index contributed by atoms with van der Waals surface area (Å²) in [7, 11) is -1.90. The fourth-order valence-corrected chi connectivity index (χ4v) is 5.64. The fourth-order valence-electron chi connectivity index (χ4n) is 4.18. The Morgan fingerprint density at radius 2 is 1.84 bits per heavy atom. The monoisotopic (exact) mass is 433 g/mol. The Morgan fingerprint density at radius 3 is 2.61 bits per heavy atom. The van der Waals surface area contributed by atoms with Crippen LogP contribution >= 0.6 is 0 Å². The second kappa shape index (κ2) is 7.79. The Balaban J connectivity index is 1.47. The molecule has 2 aromatic carbocycles. The van der Waals surface area contributed by atoms with Gasteiger partial charge in [0, 0.05) is 55.6 Å². The second-order valence-electron chi connectivity index (χ2n) is 7.88. The van der Waals surface area contributed by atoms with Gasteiger partial charge in [-0.3, -0.25) is 4.98 Å². The predicted octanol–water partition coefficient (Wildman–Crippen LogP) is 3.24. The van der Waals surface area contributed by atoms with Crippen molar-refractivity contribution in [1.29, 1.82) is 0 Å². The number of benzene rings is 2. The Labute approximate surface area is 181 Å². The SMILES string of the molecule is Cn1cnc(S(=O)(=O)N2C[C@H](Nc3ccc4ncccc4c3)[C@@H](c3ccccc3)C2)c1. The van der Waals surface area contributed by atoms with Crippen molar-refractivity contribution in [2.75, 3.05) is 18.4 Å². The van der Waals surface area contributed by atoms with Crippen LogP contribution in [0.1, 0.15) is 11.5 Å². The first-order valence-electron chi connectivity index (χ1n) is 10.1. The number of fused-ring (bicyclic) bond motifs is 1. The number of aryl methyl sites for hydroxylation is 1. The largest absolute Gasteiger partial charge is 0.380 e. The van der Waals surface area contributed by atoms with Crippen LogP contribution in [-0.4, -0.2) is 46.4 Å². The molecule has 31 heavy (non-hydrogen) atoms. The molecule has 1 aliphatic heterocycles. The number of nitrogens with one attached hydrogen (secondary N) is 1.